The summed E-state index contributed by atoms with van der Waals surface area (Å²) in [5.41, 5.74) is 0.801. The van der Waals surface area contributed by atoms with E-state index in [-0.39, 0.29) is 29.1 Å². The highest BCUT2D eigenvalue weighted by molar-refractivity contribution is 7.91. The van der Waals surface area contributed by atoms with Crippen LogP contribution in [0.4, 0.5) is 4.39 Å². The average Bonchev–Trinajstić information content (AvgIpc) is 2.51. The lowest BCUT2D eigenvalue weighted by Crippen LogP contribution is -2.44. The predicted molar refractivity (Wildman–Crippen MR) is 87.5 cm³/mol. The van der Waals surface area contributed by atoms with Gasteiger partial charge >= 0.3 is 0 Å². The largest absolute Gasteiger partial charge is 0.354 e. The summed E-state index contributed by atoms with van der Waals surface area (Å²) in [5.74, 6) is -0.312. The predicted octanol–water partition coefficient (Wildman–Crippen LogP) is 1.17. The Balaban J connectivity index is 1.80. The van der Waals surface area contributed by atoms with Crippen molar-refractivity contribution < 1.29 is 17.6 Å². The lowest BCUT2D eigenvalue weighted by molar-refractivity contribution is -0.122. The van der Waals surface area contributed by atoms with Crippen molar-refractivity contribution in [2.24, 2.45) is 0 Å². The number of rotatable bonds is 6. The number of hydrogen-bond donors (Lipinski definition) is 1. The van der Waals surface area contributed by atoms with Crippen LogP contribution in [-0.4, -0.2) is 56.9 Å². The molecule has 7 heteroatoms. The summed E-state index contributed by atoms with van der Waals surface area (Å²) in [7, 11) is -2.87. The van der Waals surface area contributed by atoms with Gasteiger partial charge in [0.1, 0.15) is 5.82 Å². The molecule has 0 aromatic heterocycles. The molecule has 1 aliphatic rings. The van der Waals surface area contributed by atoms with Crippen LogP contribution in [0.5, 0.6) is 0 Å². The molecule has 1 saturated heterocycles. The van der Waals surface area contributed by atoms with Crippen molar-refractivity contribution in [3.05, 3.63) is 35.6 Å². The van der Waals surface area contributed by atoms with Crippen molar-refractivity contribution in [1.82, 2.24) is 10.2 Å². The fraction of sp³-hybridized carbons (Fsp3) is 0.562. The Kier molecular flexibility index (Phi) is 6.12. The van der Waals surface area contributed by atoms with Crippen LogP contribution in [0.2, 0.25) is 0 Å². The van der Waals surface area contributed by atoms with Gasteiger partial charge in [-0.15, -0.1) is 0 Å². The highest BCUT2D eigenvalue weighted by Crippen LogP contribution is 2.19. The van der Waals surface area contributed by atoms with Crippen LogP contribution in [0.3, 0.4) is 0 Å². The molecule has 1 fully saturated rings. The summed E-state index contributed by atoms with van der Waals surface area (Å²) in [6.07, 6.45) is 0.638. The van der Waals surface area contributed by atoms with Crippen LogP contribution < -0.4 is 5.32 Å². The van der Waals surface area contributed by atoms with Gasteiger partial charge in [0.05, 0.1) is 17.4 Å². The second kappa shape index (κ2) is 7.88. The monoisotopic (exact) mass is 342 g/mol. The molecule has 1 aliphatic heterocycles. The maximum atomic E-state index is 13.0. The second-order valence-electron chi connectivity index (χ2n) is 5.80. The van der Waals surface area contributed by atoms with Crippen molar-refractivity contribution >= 4 is 15.7 Å². The van der Waals surface area contributed by atoms with Gasteiger partial charge in [0.25, 0.3) is 0 Å². The van der Waals surface area contributed by atoms with Gasteiger partial charge in [-0.25, -0.2) is 12.8 Å². The van der Waals surface area contributed by atoms with Crippen LogP contribution in [0.15, 0.2) is 24.3 Å². The van der Waals surface area contributed by atoms with Crippen molar-refractivity contribution in [2.45, 2.75) is 19.3 Å². The zero-order valence-corrected chi connectivity index (χ0v) is 14.1. The first-order valence-electron chi connectivity index (χ1n) is 7.87. The Morgan fingerprint density at radius 3 is 2.43 bits per heavy atom. The molecule has 0 radical (unpaired) electrons. The number of carbonyl (C=O) groups is 1. The molecular weight excluding hydrogens is 319 g/mol. The Morgan fingerprint density at radius 2 is 1.87 bits per heavy atom. The number of carbonyl (C=O) groups excluding carboxylic acids is 1. The first-order valence-corrected chi connectivity index (χ1v) is 9.69. The minimum absolute atomic E-state index is 0.0799. The molecule has 1 aromatic rings. The standard InChI is InChI=1S/C16H23FN2O3S/c1-2-15(13-3-5-14(17)6-4-13)16(20)18-7-8-19-9-11-23(21,22)12-10-19/h3-6,15H,2,7-12H2,1H3,(H,18,20)/t15-/m1/s1. The Bertz CT molecular complexity index is 617. The van der Waals surface area contributed by atoms with Crippen LogP contribution >= 0.6 is 0 Å². The van der Waals surface area contributed by atoms with Crippen molar-refractivity contribution in [3.63, 3.8) is 0 Å². The van der Waals surface area contributed by atoms with Gasteiger partial charge in [-0.1, -0.05) is 19.1 Å². The van der Waals surface area contributed by atoms with E-state index in [0.717, 1.165) is 5.56 Å². The number of halogens is 1. The van der Waals surface area contributed by atoms with Crippen LogP contribution in [-0.2, 0) is 14.6 Å². The fourth-order valence-electron chi connectivity index (χ4n) is 2.70. The number of benzene rings is 1. The van der Waals surface area contributed by atoms with E-state index in [0.29, 0.717) is 32.6 Å². The van der Waals surface area contributed by atoms with Gasteiger partial charge < -0.3 is 5.32 Å². The van der Waals surface area contributed by atoms with E-state index in [1.54, 1.807) is 12.1 Å². The minimum atomic E-state index is -2.87. The Labute approximate surface area is 136 Å². The van der Waals surface area contributed by atoms with Crippen molar-refractivity contribution in [2.75, 3.05) is 37.7 Å². The molecule has 23 heavy (non-hydrogen) atoms. The fourth-order valence-corrected chi connectivity index (χ4v) is 3.98. The van der Waals surface area contributed by atoms with Crippen LogP contribution in [0.25, 0.3) is 0 Å². The highest BCUT2D eigenvalue weighted by atomic mass is 32.2. The van der Waals surface area contributed by atoms with E-state index < -0.39 is 9.84 Å². The quantitative estimate of drug-likeness (QED) is 0.843. The molecule has 1 atom stereocenters. The van der Waals surface area contributed by atoms with E-state index in [1.807, 2.05) is 11.8 Å². The SMILES string of the molecule is CC[C@@H](C(=O)NCCN1CCS(=O)(=O)CC1)c1ccc(F)cc1. The van der Waals surface area contributed by atoms with E-state index in [4.69, 9.17) is 0 Å². The summed E-state index contributed by atoms with van der Waals surface area (Å²) in [6, 6.07) is 6.00. The zero-order chi connectivity index (χ0) is 16.9. The zero-order valence-electron chi connectivity index (χ0n) is 13.3. The highest BCUT2D eigenvalue weighted by Gasteiger charge is 2.22. The summed E-state index contributed by atoms with van der Waals surface area (Å²) in [5, 5.41) is 2.89. The molecule has 0 bridgehead atoms. The second-order valence-corrected chi connectivity index (χ2v) is 8.10. The molecule has 0 spiro atoms. The van der Waals surface area contributed by atoms with Gasteiger partial charge in [-0.05, 0) is 24.1 Å². The summed E-state index contributed by atoms with van der Waals surface area (Å²) in [6.45, 7) is 4.08. The Hall–Kier alpha value is -1.47. The van der Waals surface area contributed by atoms with E-state index in [2.05, 4.69) is 5.32 Å². The number of amides is 1. The number of sulfone groups is 1. The lowest BCUT2D eigenvalue weighted by Gasteiger charge is -2.26. The molecule has 1 N–H and O–H groups in total. The third-order valence-corrected chi connectivity index (χ3v) is 5.77. The smallest absolute Gasteiger partial charge is 0.227 e. The molecule has 1 amide bonds. The average molecular weight is 342 g/mol. The Morgan fingerprint density at radius 1 is 1.26 bits per heavy atom. The molecule has 1 aromatic carbocycles. The van der Waals surface area contributed by atoms with Gasteiger partial charge in [0.2, 0.25) is 5.91 Å². The van der Waals surface area contributed by atoms with Crippen molar-refractivity contribution in [1.29, 1.82) is 0 Å². The van der Waals surface area contributed by atoms with Crippen LogP contribution in [0.1, 0.15) is 24.8 Å². The molecule has 128 valence electrons. The number of hydrogen-bond acceptors (Lipinski definition) is 4. The first-order chi connectivity index (χ1) is 10.9. The normalized spacial score (nSPS) is 19.2. The topological polar surface area (TPSA) is 66.5 Å². The molecule has 0 aliphatic carbocycles. The maximum absolute atomic E-state index is 13.0. The summed E-state index contributed by atoms with van der Waals surface area (Å²) in [4.78, 5) is 14.3. The molecule has 2 rings (SSSR count). The third-order valence-electron chi connectivity index (χ3n) is 4.16. The molecule has 1 heterocycles. The summed E-state index contributed by atoms with van der Waals surface area (Å²) >= 11 is 0. The van der Waals surface area contributed by atoms with Gasteiger partial charge in [0, 0.05) is 26.2 Å². The lowest BCUT2D eigenvalue weighted by atomic mass is 9.95. The van der Waals surface area contributed by atoms with E-state index in [1.165, 1.54) is 12.1 Å². The van der Waals surface area contributed by atoms with Crippen LogP contribution in [0, 0.1) is 5.82 Å². The minimum Gasteiger partial charge on any atom is -0.354 e. The van der Waals surface area contributed by atoms with Crippen molar-refractivity contribution in [3.8, 4) is 0 Å². The first kappa shape index (κ1) is 17.9. The molecule has 0 saturated carbocycles. The number of nitrogens with zero attached hydrogens (tertiary/aromatic N) is 1. The van der Waals surface area contributed by atoms with Gasteiger partial charge in [-0.2, -0.15) is 0 Å². The maximum Gasteiger partial charge on any atom is 0.227 e. The van der Waals surface area contributed by atoms with E-state index >= 15 is 0 Å². The van der Waals surface area contributed by atoms with E-state index in [9.17, 15) is 17.6 Å². The molecule has 5 nitrogen and oxygen atoms in total. The summed E-state index contributed by atoms with van der Waals surface area (Å²) < 4.78 is 35.7. The molecular formula is C16H23FN2O3S. The number of nitrogens with one attached hydrogen (secondary N) is 1. The van der Waals surface area contributed by atoms with Gasteiger partial charge in [-0.3, -0.25) is 9.69 Å². The van der Waals surface area contributed by atoms with Gasteiger partial charge in [0.15, 0.2) is 9.84 Å². The molecule has 0 unspecified atom stereocenters. The third kappa shape index (κ3) is 5.28.